The number of amides is 1. The Labute approximate surface area is 342 Å². The lowest BCUT2D eigenvalue weighted by Crippen LogP contribution is -2.52. The maximum absolute atomic E-state index is 13.6. The Hall–Kier alpha value is -5.33. The second-order valence-electron chi connectivity index (χ2n) is 14.0. The molecule has 3 atom stereocenters. The van der Waals surface area contributed by atoms with Gasteiger partial charge in [0.1, 0.15) is 34.6 Å². The van der Waals surface area contributed by atoms with Gasteiger partial charge in [0, 0.05) is 18.5 Å². The second kappa shape index (κ2) is 19.2. The SMILES string of the molecule is COc1ccc(C(Cc2c(Cl)c[nH+]cc2Cl)OC(=O)c2ccc(COc3cccc(C(NC(=O)O[C@H]4CN5CCC4CC5)c4ccccc4)c3)cc2)cc1OC.[OH-]. The smallest absolute Gasteiger partial charge is 0.408 e. The molecule has 2 unspecified atom stereocenters. The van der Waals surface area contributed by atoms with Crippen molar-refractivity contribution in [1.82, 2.24) is 10.2 Å². The molecule has 298 valence electrons. The van der Waals surface area contributed by atoms with Crippen molar-refractivity contribution < 1.29 is 43.7 Å². The first kappa shape index (κ1) is 41.3. The van der Waals surface area contributed by atoms with Crippen molar-refractivity contribution >= 4 is 35.3 Å². The Kier molecular flexibility index (Phi) is 13.9. The van der Waals surface area contributed by atoms with Crippen LogP contribution in [0.15, 0.2) is 109 Å². The Morgan fingerprint density at radius 2 is 1.53 bits per heavy atom. The molecular formula is C44H45Cl2N3O8. The van der Waals surface area contributed by atoms with Gasteiger partial charge in [0.2, 0.25) is 0 Å². The number of rotatable bonds is 14. The van der Waals surface area contributed by atoms with Crippen LogP contribution < -0.4 is 24.5 Å². The molecule has 3 aliphatic rings. The number of halogens is 2. The molecule has 3 aliphatic heterocycles. The van der Waals surface area contributed by atoms with Crippen molar-refractivity contribution in [3.8, 4) is 17.2 Å². The zero-order valence-electron chi connectivity index (χ0n) is 31.7. The number of nitrogens with zero attached hydrogens (tertiary/aromatic N) is 1. The van der Waals surface area contributed by atoms with Crippen LogP contribution in [0.25, 0.3) is 0 Å². The van der Waals surface area contributed by atoms with Gasteiger partial charge in [-0.1, -0.05) is 83.9 Å². The summed E-state index contributed by atoms with van der Waals surface area (Å²) >= 11 is 13.0. The highest BCUT2D eigenvalue weighted by Crippen LogP contribution is 2.36. The van der Waals surface area contributed by atoms with Gasteiger partial charge < -0.3 is 34.5 Å². The van der Waals surface area contributed by atoms with Crippen LogP contribution in [0.5, 0.6) is 17.2 Å². The van der Waals surface area contributed by atoms with Crippen molar-refractivity contribution in [1.29, 1.82) is 0 Å². The highest BCUT2D eigenvalue weighted by atomic mass is 35.5. The van der Waals surface area contributed by atoms with E-state index in [1.165, 1.54) is 0 Å². The van der Waals surface area contributed by atoms with Crippen LogP contribution in [0.3, 0.4) is 0 Å². The molecule has 0 radical (unpaired) electrons. The van der Waals surface area contributed by atoms with Crippen LogP contribution in [0.1, 0.15) is 63.2 Å². The molecule has 3 fully saturated rings. The summed E-state index contributed by atoms with van der Waals surface area (Å²) in [5, 5.41) is 3.96. The normalized spacial score (nSPS) is 18.0. The largest absolute Gasteiger partial charge is 0.870 e. The summed E-state index contributed by atoms with van der Waals surface area (Å²) in [6.07, 6.45) is 4.33. The molecule has 1 aromatic heterocycles. The van der Waals surface area contributed by atoms with Gasteiger partial charge in [-0.3, -0.25) is 4.90 Å². The maximum atomic E-state index is 13.6. The Balaban J connectivity index is 0.00000549. The molecule has 8 rings (SSSR count). The van der Waals surface area contributed by atoms with E-state index in [0.29, 0.717) is 49.9 Å². The van der Waals surface area contributed by atoms with E-state index < -0.39 is 24.2 Å². The standard InChI is InChI=1S/C44H43Cl2N3O7.H2O/c1-52-38-16-15-32(22-40(38)53-2)39(23-35-36(45)24-47-25-37(35)46)55-43(50)31-13-11-28(12-14-31)27-54-34-10-6-9-33(21-34)42(30-7-4-3-5-8-30)48-44(51)56-41-26-49-19-17-29(41)18-20-49;/h3-16,21-22,24-25,29,39,41-42H,17-20,23,26-27H2,1-2H3,(H,48,51);1H2/t39?,41-,42?;/m0./s1. The van der Waals surface area contributed by atoms with Crippen LogP contribution in [-0.4, -0.2) is 62.4 Å². The average molecular weight is 815 g/mol. The number of pyridine rings is 1. The molecule has 4 aromatic carbocycles. The molecule has 4 heterocycles. The van der Waals surface area contributed by atoms with E-state index in [0.717, 1.165) is 49.2 Å². The molecule has 1 amide bonds. The molecule has 3 N–H and O–H groups in total. The van der Waals surface area contributed by atoms with Crippen LogP contribution in [-0.2, 0) is 22.5 Å². The van der Waals surface area contributed by atoms with E-state index in [9.17, 15) is 9.59 Å². The van der Waals surface area contributed by atoms with Crippen molar-refractivity contribution in [3.05, 3.63) is 153 Å². The maximum Gasteiger partial charge on any atom is 0.408 e. The summed E-state index contributed by atoms with van der Waals surface area (Å²) in [5.41, 5.74) is 4.31. The second-order valence-corrected chi connectivity index (χ2v) is 14.8. The lowest BCUT2D eigenvalue weighted by Gasteiger charge is -2.43. The van der Waals surface area contributed by atoms with Crippen LogP contribution >= 0.6 is 23.2 Å². The van der Waals surface area contributed by atoms with E-state index in [1.807, 2.05) is 72.8 Å². The fourth-order valence-corrected chi connectivity index (χ4v) is 7.89. The molecular weight excluding hydrogens is 769 g/mol. The van der Waals surface area contributed by atoms with E-state index in [2.05, 4.69) is 15.2 Å². The number of hydrogen-bond donors (Lipinski definition) is 1. The van der Waals surface area contributed by atoms with Crippen LogP contribution in [0, 0.1) is 5.92 Å². The third-order valence-electron chi connectivity index (χ3n) is 10.5. The fraction of sp³-hybridized carbons (Fsp3) is 0.295. The van der Waals surface area contributed by atoms with E-state index >= 15 is 0 Å². The summed E-state index contributed by atoms with van der Waals surface area (Å²) in [7, 11) is 3.10. The summed E-state index contributed by atoms with van der Waals surface area (Å²) in [4.78, 5) is 32.1. The quantitative estimate of drug-likeness (QED) is 0.110. The number of benzene rings is 4. The van der Waals surface area contributed by atoms with Gasteiger partial charge in [0.25, 0.3) is 0 Å². The number of ether oxygens (including phenoxy) is 5. The van der Waals surface area contributed by atoms with Crippen molar-refractivity contribution in [2.24, 2.45) is 5.92 Å². The van der Waals surface area contributed by atoms with Gasteiger partial charge in [0.05, 0.1) is 25.8 Å². The first-order chi connectivity index (χ1) is 27.3. The summed E-state index contributed by atoms with van der Waals surface area (Å²) < 4.78 is 29.2. The summed E-state index contributed by atoms with van der Waals surface area (Å²) in [6.45, 7) is 3.19. The fourth-order valence-electron chi connectivity index (χ4n) is 7.36. The minimum atomic E-state index is -0.744. The number of fused-ring (bicyclic) bond motifs is 3. The van der Waals surface area contributed by atoms with Gasteiger partial charge in [-0.2, -0.15) is 0 Å². The number of nitrogens with one attached hydrogen (secondary N) is 2. The molecule has 11 nitrogen and oxygen atoms in total. The van der Waals surface area contributed by atoms with Gasteiger partial charge in [-0.25, -0.2) is 14.6 Å². The number of carbonyl (C=O) groups excluding carboxylic acids is 2. The van der Waals surface area contributed by atoms with Gasteiger partial charge in [-0.15, -0.1) is 0 Å². The molecule has 5 aromatic rings. The number of hydrogen-bond acceptors (Lipinski definition) is 9. The number of piperidine rings is 3. The van der Waals surface area contributed by atoms with E-state index in [-0.39, 0.29) is 24.6 Å². The van der Waals surface area contributed by atoms with E-state index in [4.69, 9.17) is 46.9 Å². The third-order valence-corrected chi connectivity index (χ3v) is 11.1. The number of alkyl carbamates (subject to hydrolysis) is 1. The number of carbonyl (C=O) groups is 2. The molecule has 0 saturated carbocycles. The lowest BCUT2D eigenvalue weighted by molar-refractivity contribution is -0.377. The number of esters is 1. The van der Waals surface area contributed by atoms with E-state index in [1.54, 1.807) is 50.9 Å². The number of aromatic amines is 1. The minimum Gasteiger partial charge on any atom is -0.870 e. The zero-order valence-corrected chi connectivity index (χ0v) is 33.2. The Morgan fingerprint density at radius 1 is 0.825 bits per heavy atom. The zero-order chi connectivity index (χ0) is 39.0. The van der Waals surface area contributed by atoms with Crippen LogP contribution in [0.4, 0.5) is 4.79 Å². The number of H-pyrrole nitrogens is 1. The predicted molar refractivity (Wildman–Crippen MR) is 214 cm³/mol. The Morgan fingerprint density at radius 3 is 2.19 bits per heavy atom. The Bertz CT molecular complexity index is 2110. The molecule has 0 spiro atoms. The monoisotopic (exact) mass is 813 g/mol. The highest BCUT2D eigenvalue weighted by molar-refractivity contribution is 6.35. The molecule has 13 heteroatoms. The third kappa shape index (κ3) is 10.2. The molecule has 3 saturated heterocycles. The summed E-state index contributed by atoms with van der Waals surface area (Å²) in [6, 6.07) is 29.5. The van der Waals surface area contributed by atoms with Gasteiger partial charge >= 0.3 is 12.1 Å². The molecule has 2 bridgehead atoms. The highest BCUT2D eigenvalue weighted by Gasteiger charge is 2.37. The van der Waals surface area contributed by atoms with Crippen LogP contribution in [0.2, 0.25) is 10.0 Å². The van der Waals surface area contributed by atoms with Crippen molar-refractivity contribution in [2.75, 3.05) is 33.9 Å². The predicted octanol–water partition coefficient (Wildman–Crippen LogP) is 8.28. The first-order valence-corrected chi connectivity index (χ1v) is 19.4. The van der Waals surface area contributed by atoms with Crippen molar-refractivity contribution in [3.63, 3.8) is 0 Å². The number of methoxy groups -OCH3 is 2. The minimum absolute atomic E-state index is 0. The van der Waals surface area contributed by atoms with Crippen molar-refractivity contribution in [2.45, 2.75) is 44.1 Å². The van der Waals surface area contributed by atoms with Gasteiger partial charge in [0.15, 0.2) is 23.9 Å². The topological polar surface area (TPSA) is 140 Å². The first-order valence-electron chi connectivity index (χ1n) is 18.6. The lowest BCUT2D eigenvalue weighted by atomic mass is 9.86. The summed E-state index contributed by atoms with van der Waals surface area (Å²) in [5.74, 6) is 1.56. The molecule has 0 aliphatic carbocycles. The number of aromatic nitrogens is 1. The van der Waals surface area contributed by atoms with Gasteiger partial charge in [-0.05, 0) is 90.5 Å². The average Bonchev–Trinajstić information content (AvgIpc) is 3.23. The molecule has 57 heavy (non-hydrogen) atoms.